The highest BCUT2D eigenvalue weighted by Crippen LogP contribution is 2.21. The molecule has 5 nitrogen and oxygen atoms in total. The first-order valence-electron chi connectivity index (χ1n) is 5.84. The molecule has 0 spiro atoms. The number of rotatable bonds is 5. The molecule has 0 aromatic heterocycles. The summed E-state index contributed by atoms with van der Waals surface area (Å²) < 4.78 is 5.12. The van der Waals surface area contributed by atoms with Gasteiger partial charge in [0.25, 0.3) is 5.91 Å². The van der Waals surface area contributed by atoms with Crippen molar-refractivity contribution in [3.8, 4) is 5.75 Å². The average Bonchev–Trinajstić information content (AvgIpc) is 2.35. The molecule has 0 fully saturated rings. The van der Waals surface area contributed by atoms with Crippen LogP contribution < -0.4 is 10.1 Å². The number of benzene rings is 1. The highest BCUT2D eigenvalue weighted by molar-refractivity contribution is 5.95. The van der Waals surface area contributed by atoms with Crippen LogP contribution in [-0.4, -0.2) is 30.1 Å². The van der Waals surface area contributed by atoms with E-state index >= 15 is 0 Å². The lowest BCUT2D eigenvalue weighted by atomic mass is 10.1. The van der Waals surface area contributed by atoms with Crippen molar-refractivity contribution in [2.24, 2.45) is 0 Å². The molecule has 0 radical (unpaired) electrons. The Kier molecular flexibility index (Phi) is 5.11. The molecule has 0 aliphatic carbocycles. The number of carboxylic acids is 1. The van der Waals surface area contributed by atoms with E-state index in [9.17, 15) is 9.59 Å². The van der Waals surface area contributed by atoms with E-state index in [1.54, 1.807) is 18.2 Å². The molecular formula is C14H17NO4. The number of carbonyl (C=O) groups is 2. The zero-order chi connectivity index (χ0) is 14.4. The summed E-state index contributed by atoms with van der Waals surface area (Å²) in [5, 5.41) is 11.4. The van der Waals surface area contributed by atoms with Crippen LogP contribution in [-0.2, 0) is 4.79 Å². The van der Waals surface area contributed by atoms with Crippen LogP contribution in [0.2, 0.25) is 0 Å². The van der Waals surface area contributed by atoms with Gasteiger partial charge in [-0.15, -0.1) is 0 Å². The van der Waals surface area contributed by atoms with Crippen molar-refractivity contribution >= 4 is 18.0 Å². The molecule has 1 rings (SSSR count). The maximum atomic E-state index is 11.9. The number of carbonyl (C=O) groups excluding carboxylic acids is 1. The zero-order valence-electron chi connectivity index (χ0n) is 11.1. The Hall–Kier alpha value is -2.30. The standard InChI is InChI=1S/C14H17NO4/c1-9(2)15-14(18)11-4-6-12(19-3)10(8-11)5-7-13(16)17/h4-9H,1-3H3,(H,15,18)(H,16,17)/b7-5+. The SMILES string of the molecule is COc1ccc(C(=O)NC(C)C)cc1/C=C/C(=O)O. The molecule has 1 aromatic carbocycles. The molecule has 0 aliphatic rings. The third-order valence-corrected chi connectivity index (χ3v) is 2.32. The van der Waals surface area contributed by atoms with Gasteiger partial charge in [0, 0.05) is 23.2 Å². The number of methoxy groups -OCH3 is 1. The third-order valence-electron chi connectivity index (χ3n) is 2.32. The quantitative estimate of drug-likeness (QED) is 0.796. The molecule has 0 saturated heterocycles. The van der Waals surface area contributed by atoms with E-state index in [2.05, 4.69) is 5.32 Å². The summed E-state index contributed by atoms with van der Waals surface area (Å²) in [6, 6.07) is 4.90. The van der Waals surface area contributed by atoms with E-state index in [0.29, 0.717) is 16.9 Å². The largest absolute Gasteiger partial charge is 0.496 e. The fraction of sp³-hybridized carbons (Fsp3) is 0.286. The first-order chi connectivity index (χ1) is 8.93. The Balaban J connectivity index is 3.07. The fourth-order valence-corrected chi connectivity index (χ4v) is 1.51. The monoisotopic (exact) mass is 263 g/mol. The van der Waals surface area contributed by atoms with Crippen LogP contribution in [0.1, 0.15) is 29.8 Å². The summed E-state index contributed by atoms with van der Waals surface area (Å²) in [5.74, 6) is -0.750. The van der Waals surface area contributed by atoms with Gasteiger partial charge in [-0.05, 0) is 38.1 Å². The molecule has 1 amide bonds. The van der Waals surface area contributed by atoms with E-state index in [1.165, 1.54) is 13.2 Å². The molecule has 19 heavy (non-hydrogen) atoms. The summed E-state index contributed by atoms with van der Waals surface area (Å²) >= 11 is 0. The Labute approximate surface area is 111 Å². The normalized spacial score (nSPS) is 10.7. The van der Waals surface area contributed by atoms with Crippen LogP contribution in [0.4, 0.5) is 0 Å². The van der Waals surface area contributed by atoms with Gasteiger partial charge in [0.15, 0.2) is 0 Å². The van der Waals surface area contributed by atoms with Gasteiger partial charge in [0.05, 0.1) is 7.11 Å². The number of nitrogens with one attached hydrogen (secondary N) is 1. The summed E-state index contributed by atoms with van der Waals surface area (Å²) in [4.78, 5) is 22.4. The number of amides is 1. The number of carboxylic acid groups (broad SMARTS) is 1. The smallest absolute Gasteiger partial charge is 0.328 e. The number of hydrogen-bond donors (Lipinski definition) is 2. The van der Waals surface area contributed by atoms with Crippen LogP contribution in [0.3, 0.4) is 0 Å². The molecule has 0 saturated carbocycles. The van der Waals surface area contributed by atoms with Gasteiger partial charge in [-0.3, -0.25) is 4.79 Å². The molecule has 0 atom stereocenters. The van der Waals surface area contributed by atoms with Gasteiger partial charge < -0.3 is 15.2 Å². The maximum absolute atomic E-state index is 11.9. The van der Waals surface area contributed by atoms with Crippen molar-refractivity contribution in [1.82, 2.24) is 5.32 Å². The second-order valence-electron chi connectivity index (χ2n) is 4.26. The van der Waals surface area contributed by atoms with Crippen molar-refractivity contribution in [3.05, 3.63) is 35.4 Å². The molecule has 1 aromatic rings. The lowest BCUT2D eigenvalue weighted by Crippen LogP contribution is -2.30. The van der Waals surface area contributed by atoms with Crippen LogP contribution in [0.5, 0.6) is 5.75 Å². The topological polar surface area (TPSA) is 75.6 Å². The zero-order valence-corrected chi connectivity index (χ0v) is 11.1. The highest BCUT2D eigenvalue weighted by atomic mass is 16.5. The van der Waals surface area contributed by atoms with Crippen molar-refractivity contribution < 1.29 is 19.4 Å². The minimum atomic E-state index is -1.06. The second-order valence-corrected chi connectivity index (χ2v) is 4.26. The lowest BCUT2D eigenvalue weighted by molar-refractivity contribution is -0.131. The number of hydrogen-bond acceptors (Lipinski definition) is 3. The summed E-state index contributed by atoms with van der Waals surface area (Å²) in [5.41, 5.74) is 1.00. The average molecular weight is 263 g/mol. The van der Waals surface area contributed by atoms with E-state index in [0.717, 1.165) is 6.08 Å². The Morgan fingerprint density at radius 1 is 1.37 bits per heavy atom. The summed E-state index contributed by atoms with van der Waals surface area (Å²) in [7, 11) is 1.49. The lowest BCUT2D eigenvalue weighted by Gasteiger charge is -2.10. The molecule has 102 valence electrons. The van der Waals surface area contributed by atoms with Crippen LogP contribution in [0.15, 0.2) is 24.3 Å². The molecule has 0 unspecified atom stereocenters. The van der Waals surface area contributed by atoms with Crippen LogP contribution in [0, 0.1) is 0 Å². The molecule has 5 heteroatoms. The third kappa shape index (κ3) is 4.46. The summed E-state index contributed by atoms with van der Waals surface area (Å²) in [6.07, 6.45) is 2.40. The van der Waals surface area contributed by atoms with Gasteiger partial charge in [-0.2, -0.15) is 0 Å². The molecular weight excluding hydrogens is 246 g/mol. The molecule has 0 aliphatic heterocycles. The van der Waals surface area contributed by atoms with Gasteiger partial charge in [0.2, 0.25) is 0 Å². The number of aliphatic carboxylic acids is 1. The Morgan fingerprint density at radius 3 is 2.58 bits per heavy atom. The first-order valence-corrected chi connectivity index (χ1v) is 5.84. The number of ether oxygens (including phenoxy) is 1. The van der Waals surface area contributed by atoms with E-state index in [4.69, 9.17) is 9.84 Å². The van der Waals surface area contributed by atoms with Gasteiger partial charge in [-0.1, -0.05) is 0 Å². The Morgan fingerprint density at radius 2 is 2.05 bits per heavy atom. The molecule has 0 heterocycles. The highest BCUT2D eigenvalue weighted by Gasteiger charge is 2.09. The van der Waals surface area contributed by atoms with Crippen molar-refractivity contribution in [2.75, 3.05) is 7.11 Å². The minimum Gasteiger partial charge on any atom is -0.496 e. The van der Waals surface area contributed by atoms with Crippen LogP contribution >= 0.6 is 0 Å². The summed E-state index contributed by atoms with van der Waals surface area (Å²) in [6.45, 7) is 3.74. The Bertz CT molecular complexity index is 506. The van der Waals surface area contributed by atoms with E-state index < -0.39 is 5.97 Å². The minimum absolute atomic E-state index is 0.0348. The molecule has 0 bridgehead atoms. The van der Waals surface area contributed by atoms with Crippen LogP contribution in [0.25, 0.3) is 6.08 Å². The predicted molar refractivity (Wildman–Crippen MR) is 72.3 cm³/mol. The van der Waals surface area contributed by atoms with Crippen molar-refractivity contribution in [3.63, 3.8) is 0 Å². The van der Waals surface area contributed by atoms with E-state index in [1.807, 2.05) is 13.8 Å². The maximum Gasteiger partial charge on any atom is 0.328 e. The molecule has 2 N–H and O–H groups in total. The first kappa shape index (κ1) is 14.8. The van der Waals surface area contributed by atoms with E-state index in [-0.39, 0.29) is 11.9 Å². The second kappa shape index (κ2) is 6.58. The predicted octanol–water partition coefficient (Wildman–Crippen LogP) is 1.93. The van der Waals surface area contributed by atoms with Gasteiger partial charge >= 0.3 is 5.97 Å². The van der Waals surface area contributed by atoms with Crippen molar-refractivity contribution in [2.45, 2.75) is 19.9 Å². The van der Waals surface area contributed by atoms with Crippen molar-refractivity contribution in [1.29, 1.82) is 0 Å². The van der Waals surface area contributed by atoms with Gasteiger partial charge in [-0.25, -0.2) is 4.79 Å². The fourth-order valence-electron chi connectivity index (χ4n) is 1.51. The van der Waals surface area contributed by atoms with Gasteiger partial charge in [0.1, 0.15) is 5.75 Å².